The van der Waals surface area contributed by atoms with Crippen molar-refractivity contribution in [2.45, 2.75) is 0 Å². The van der Waals surface area contributed by atoms with Gasteiger partial charge in [-0.3, -0.25) is 4.79 Å². The van der Waals surface area contributed by atoms with Crippen molar-refractivity contribution in [3.63, 3.8) is 0 Å². The number of benzene rings is 1. The second-order valence-electron chi connectivity index (χ2n) is 3.33. The van der Waals surface area contributed by atoms with Crippen LogP contribution in [0.5, 0.6) is 11.5 Å². The molecule has 1 aliphatic rings. The lowest BCUT2D eigenvalue weighted by Gasteiger charge is -2.07. The molecule has 0 aliphatic carbocycles. The van der Waals surface area contributed by atoms with E-state index in [0.29, 0.717) is 19.0 Å². The van der Waals surface area contributed by atoms with E-state index in [4.69, 9.17) is 14.2 Å². The summed E-state index contributed by atoms with van der Waals surface area (Å²) in [6, 6.07) is 2.69. The van der Waals surface area contributed by atoms with Crippen LogP contribution in [0, 0.1) is 5.82 Å². The number of rotatable bonds is 4. The van der Waals surface area contributed by atoms with Crippen LogP contribution in [0.3, 0.4) is 0 Å². The molecule has 0 atom stereocenters. The molecule has 0 aromatic heterocycles. The van der Waals surface area contributed by atoms with E-state index in [0.717, 1.165) is 0 Å². The van der Waals surface area contributed by atoms with E-state index in [9.17, 15) is 9.18 Å². The van der Waals surface area contributed by atoms with E-state index in [1.807, 2.05) is 0 Å². The summed E-state index contributed by atoms with van der Waals surface area (Å²) in [7, 11) is 1.55. The number of hydrogen-bond donors (Lipinski definition) is 0. The average Bonchev–Trinajstić information content (AvgIpc) is 2.61. The first-order valence-electron chi connectivity index (χ1n) is 4.83. The van der Waals surface area contributed by atoms with Gasteiger partial charge in [-0.15, -0.1) is 0 Å². The second kappa shape index (κ2) is 4.49. The summed E-state index contributed by atoms with van der Waals surface area (Å²) in [5, 5.41) is 0. The zero-order valence-corrected chi connectivity index (χ0v) is 8.79. The first kappa shape index (κ1) is 10.9. The molecule has 2 rings (SSSR count). The predicted molar refractivity (Wildman–Crippen MR) is 53.6 cm³/mol. The van der Waals surface area contributed by atoms with Crippen LogP contribution < -0.4 is 9.47 Å². The van der Waals surface area contributed by atoms with Gasteiger partial charge in [0.25, 0.3) is 0 Å². The molecule has 1 aromatic rings. The third-order valence-corrected chi connectivity index (χ3v) is 2.22. The van der Waals surface area contributed by atoms with E-state index < -0.39 is 5.82 Å². The van der Waals surface area contributed by atoms with E-state index in [-0.39, 0.29) is 23.7 Å². The number of methoxy groups -OCH3 is 1. The lowest BCUT2D eigenvalue weighted by molar-refractivity contribution is 0.0958. The number of fused-ring (bicyclic) bond motifs is 1. The summed E-state index contributed by atoms with van der Waals surface area (Å²) in [4.78, 5) is 11.2. The summed E-state index contributed by atoms with van der Waals surface area (Å²) < 4.78 is 28.6. The Morgan fingerprint density at radius 3 is 3.00 bits per heavy atom. The van der Waals surface area contributed by atoms with Gasteiger partial charge in [0.05, 0.1) is 12.2 Å². The van der Waals surface area contributed by atoms with Gasteiger partial charge >= 0.3 is 0 Å². The van der Waals surface area contributed by atoms with Crippen molar-refractivity contribution in [1.82, 2.24) is 0 Å². The molecule has 0 amide bonds. The monoisotopic (exact) mass is 226 g/mol. The topological polar surface area (TPSA) is 44.8 Å². The van der Waals surface area contributed by atoms with Crippen molar-refractivity contribution >= 4 is 5.78 Å². The molecule has 0 saturated carbocycles. The molecule has 0 spiro atoms. The number of ether oxygens (including phenoxy) is 3. The number of carbonyl (C=O) groups is 1. The van der Waals surface area contributed by atoms with Gasteiger partial charge in [-0.1, -0.05) is 0 Å². The van der Waals surface area contributed by atoms with Gasteiger partial charge in [-0.25, -0.2) is 4.39 Å². The molecule has 5 heteroatoms. The summed E-state index contributed by atoms with van der Waals surface area (Å²) in [5.74, 6) is -0.358. The van der Waals surface area contributed by atoms with E-state index in [1.165, 1.54) is 12.1 Å². The van der Waals surface area contributed by atoms with Gasteiger partial charge in [0.1, 0.15) is 23.9 Å². The smallest absolute Gasteiger partial charge is 0.206 e. The Balaban J connectivity index is 2.18. The average molecular weight is 226 g/mol. The molecular formula is C11H11FO4. The van der Waals surface area contributed by atoms with Crippen LogP contribution >= 0.6 is 0 Å². The Morgan fingerprint density at radius 1 is 1.44 bits per heavy atom. The van der Waals surface area contributed by atoms with Crippen molar-refractivity contribution in [2.75, 3.05) is 26.9 Å². The highest BCUT2D eigenvalue weighted by Gasteiger charge is 2.26. The standard InChI is InChI=1S/C11H11FO4/c1-14-2-3-15-7-4-8(12)11-9(13)6-16-10(11)5-7/h4-5H,2-3,6H2,1H3. The van der Waals surface area contributed by atoms with Gasteiger partial charge in [-0.2, -0.15) is 0 Å². The molecule has 4 nitrogen and oxygen atoms in total. The highest BCUT2D eigenvalue weighted by Crippen LogP contribution is 2.32. The Kier molecular flexibility index (Phi) is 3.05. The van der Waals surface area contributed by atoms with Gasteiger partial charge in [-0.05, 0) is 0 Å². The predicted octanol–water partition coefficient (Wildman–Crippen LogP) is 1.43. The van der Waals surface area contributed by atoms with E-state index in [1.54, 1.807) is 7.11 Å². The normalized spacial score (nSPS) is 13.5. The first-order valence-corrected chi connectivity index (χ1v) is 4.83. The van der Waals surface area contributed by atoms with Crippen molar-refractivity contribution in [2.24, 2.45) is 0 Å². The SMILES string of the molecule is COCCOc1cc(F)c2c(c1)OCC2=O. The Morgan fingerprint density at radius 2 is 2.25 bits per heavy atom. The van der Waals surface area contributed by atoms with Crippen LogP contribution in [0.25, 0.3) is 0 Å². The van der Waals surface area contributed by atoms with Crippen LogP contribution in [-0.4, -0.2) is 32.7 Å². The minimum absolute atomic E-state index is 0.0130. The molecule has 0 bridgehead atoms. The minimum atomic E-state index is -0.604. The lowest BCUT2D eigenvalue weighted by Crippen LogP contribution is -2.05. The highest BCUT2D eigenvalue weighted by atomic mass is 19.1. The van der Waals surface area contributed by atoms with E-state index in [2.05, 4.69) is 0 Å². The maximum Gasteiger partial charge on any atom is 0.206 e. The second-order valence-corrected chi connectivity index (χ2v) is 3.33. The molecule has 0 unspecified atom stereocenters. The molecule has 0 saturated heterocycles. The molecule has 0 N–H and O–H groups in total. The van der Waals surface area contributed by atoms with Crippen LogP contribution in [0.15, 0.2) is 12.1 Å². The zero-order valence-electron chi connectivity index (χ0n) is 8.79. The molecule has 1 aliphatic heterocycles. The van der Waals surface area contributed by atoms with Crippen LogP contribution in [0.2, 0.25) is 0 Å². The summed E-state index contributed by atoms with van der Waals surface area (Å²) >= 11 is 0. The first-order chi connectivity index (χ1) is 7.72. The number of Topliss-reactive ketones (excluding diaryl/α,β-unsaturated/α-hetero) is 1. The largest absolute Gasteiger partial charge is 0.491 e. The molecule has 0 fully saturated rings. The Labute approximate surface area is 91.9 Å². The third-order valence-electron chi connectivity index (χ3n) is 2.22. The van der Waals surface area contributed by atoms with Gasteiger partial charge in [0.15, 0.2) is 6.61 Å². The maximum absolute atomic E-state index is 13.5. The highest BCUT2D eigenvalue weighted by molar-refractivity contribution is 6.02. The molecule has 16 heavy (non-hydrogen) atoms. The number of hydrogen-bond acceptors (Lipinski definition) is 4. The van der Waals surface area contributed by atoms with Crippen molar-refractivity contribution in [3.8, 4) is 11.5 Å². The molecular weight excluding hydrogens is 215 g/mol. The fraction of sp³-hybridized carbons (Fsp3) is 0.364. The molecule has 86 valence electrons. The van der Waals surface area contributed by atoms with Crippen molar-refractivity contribution < 1.29 is 23.4 Å². The molecule has 0 radical (unpaired) electrons. The summed E-state index contributed by atoms with van der Waals surface area (Å²) in [5.41, 5.74) is 0.0130. The van der Waals surface area contributed by atoms with Gasteiger partial charge in [0.2, 0.25) is 5.78 Å². The molecule has 1 heterocycles. The lowest BCUT2D eigenvalue weighted by atomic mass is 10.1. The van der Waals surface area contributed by atoms with Gasteiger partial charge < -0.3 is 14.2 Å². The van der Waals surface area contributed by atoms with Crippen LogP contribution in [0.1, 0.15) is 10.4 Å². The fourth-order valence-corrected chi connectivity index (χ4v) is 1.48. The third kappa shape index (κ3) is 1.99. The van der Waals surface area contributed by atoms with Gasteiger partial charge in [0, 0.05) is 19.2 Å². The van der Waals surface area contributed by atoms with E-state index >= 15 is 0 Å². The number of ketones is 1. The Bertz CT molecular complexity index is 417. The maximum atomic E-state index is 13.5. The molecule has 1 aromatic carbocycles. The number of carbonyl (C=O) groups excluding carboxylic acids is 1. The Hall–Kier alpha value is -1.62. The van der Waals surface area contributed by atoms with Crippen molar-refractivity contribution in [3.05, 3.63) is 23.5 Å². The number of halogens is 1. The quantitative estimate of drug-likeness (QED) is 0.728. The fourth-order valence-electron chi connectivity index (χ4n) is 1.48. The zero-order chi connectivity index (χ0) is 11.5. The van der Waals surface area contributed by atoms with Crippen LogP contribution in [-0.2, 0) is 4.74 Å². The summed E-state index contributed by atoms with van der Waals surface area (Å²) in [6.07, 6.45) is 0. The van der Waals surface area contributed by atoms with Crippen molar-refractivity contribution in [1.29, 1.82) is 0 Å². The summed E-state index contributed by atoms with van der Waals surface area (Å²) in [6.45, 7) is 0.634. The minimum Gasteiger partial charge on any atom is -0.491 e. The van der Waals surface area contributed by atoms with Crippen LogP contribution in [0.4, 0.5) is 4.39 Å².